The molecule has 0 saturated heterocycles. The van der Waals surface area contributed by atoms with Crippen molar-refractivity contribution in [3.8, 4) is 0 Å². The van der Waals surface area contributed by atoms with Gasteiger partial charge >= 0.3 is 5.97 Å². The molecule has 0 aliphatic heterocycles. The fraction of sp³-hybridized carbons (Fsp3) is 0.111. The van der Waals surface area contributed by atoms with E-state index in [0.717, 1.165) is 0 Å². The number of para-hydroxylation sites is 1. The van der Waals surface area contributed by atoms with Crippen LogP contribution in [0.2, 0.25) is 0 Å². The van der Waals surface area contributed by atoms with Gasteiger partial charge in [0.05, 0.1) is 5.69 Å². The fourth-order valence-corrected chi connectivity index (χ4v) is 1.18. The first kappa shape index (κ1) is 11.3. The topological polar surface area (TPSA) is 78.6 Å². The average molecular weight is 225 g/mol. The van der Waals surface area contributed by atoms with E-state index in [9.17, 15) is 4.79 Å². The highest BCUT2D eigenvalue weighted by Crippen LogP contribution is 2.09. The number of carboxylic acids is 1. The molecule has 0 atom stereocenters. The van der Waals surface area contributed by atoms with E-state index in [-0.39, 0.29) is 11.7 Å². The summed E-state index contributed by atoms with van der Waals surface area (Å²) in [6, 6.07) is 8.95. The number of anilines is 1. The number of hydrogen-bond donors (Lipinski definition) is 3. The van der Waals surface area contributed by atoms with E-state index >= 15 is 0 Å². The van der Waals surface area contributed by atoms with Gasteiger partial charge in [0.1, 0.15) is 6.54 Å². The van der Waals surface area contributed by atoms with Crippen LogP contribution >= 0.6 is 12.2 Å². The highest BCUT2D eigenvalue weighted by Gasteiger charge is 2.10. The quantitative estimate of drug-likeness (QED) is 0.506. The second-order valence-electron chi connectivity index (χ2n) is 2.79. The Hall–Kier alpha value is -1.82. The highest BCUT2D eigenvalue weighted by atomic mass is 32.1. The van der Waals surface area contributed by atoms with Gasteiger partial charge in [0.2, 0.25) is 0 Å². The summed E-state index contributed by atoms with van der Waals surface area (Å²) in [5.74, 6) is -0.970. The maximum atomic E-state index is 10.6. The Kier molecular flexibility index (Phi) is 3.87. The summed E-state index contributed by atoms with van der Waals surface area (Å²) in [6.07, 6.45) is 0. The Morgan fingerprint density at radius 2 is 2.07 bits per heavy atom. The molecule has 5 nitrogen and oxygen atoms in total. The van der Waals surface area contributed by atoms with Crippen LogP contribution in [0, 0.1) is 0 Å². The first-order valence-electron chi connectivity index (χ1n) is 4.20. The third-order valence-electron chi connectivity index (χ3n) is 1.61. The number of rotatable bonds is 4. The van der Waals surface area contributed by atoms with E-state index in [2.05, 4.69) is 17.6 Å². The Labute approximate surface area is 92.5 Å². The molecule has 0 fully saturated rings. The summed E-state index contributed by atoms with van der Waals surface area (Å²) in [4.78, 5) is 10.6. The molecule has 0 aromatic heterocycles. The van der Waals surface area contributed by atoms with Crippen LogP contribution in [0.4, 0.5) is 5.69 Å². The van der Waals surface area contributed by atoms with Crippen LogP contribution < -0.4 is 16.2 Å². The summed E-state index contributed by atoms with van der Waals surface area (Å²) < 4.78 is 0. The van der Waals surface area contributed by atoms with Gasteiger partial charge in [0.25, 0.3) is 0 Å². The van der Waals surface area contributed by atoms with Crippen LogP contribution in [0.15, 0.2) is 30.3 Å². The van der Waals surface area contributed by atoms with E-state index in [1.807, 2.05) is 6.07 Å². The van der Waals surface area contributed by atoms with E-state index in [4.69, 9.17) is 10.8 Å². The van der Waals surface area contributed by atoms with Gasteiger partial charge in [-0.05, 0) is 24.4 Å². The molecule has 0 unspecified atom stereocenters. The van der Waals surface area contributed by atoms with E-state index < -0.39 is 5.97 Å². The van der Waals surface area contributed by atoms with Crippen molar-refractivity contribution >= 4 is 29.0 Å². The number of carboxylic acid groups (broad SMARTS) is 1. The van der Waals surface area contributed by atoms with Gasteiger partial charge in [0, 0.05) is 0 Å². The van der Waals surface area contributed by atoms with Crippen molar-refractivity contribution in [1.29, 1.82) is 0 Å². The summed E-state index contributed by atoms with van der Waals surface area (Å²) in [6.45, 7) is -0.221. The van der Waals surface area contributed by atoms with Crippen molar-refractivity contribution < 1.29 is 9.90 Å². The highest BCUT2D eigenvalue weighted by molar-refractivity contribution is 7.80. The van der Waals surface area contributed by atoms with Crippen molar-refractivity contribution in [2.75, 3.05) is 11.6 Å². The van der Waals surface area contributed by atoms with Crippen LogP contribution in [0.5, 0.6) is 0 Å². The normalized spacial score (nSPS) is 9.33. The molecule has 80 valence electrons. The Bertz CT molecular complexity index is 340. The molecule has 0 amide bonds. The van der Waals surface area contributed by atoms with Gasteiger partial charge in [-0.25, -0.2) is 0 Å². The SMILES string of the molecule is NC(=S)NN(CC(=O)O)c1ccccc1. The summed E-state index contributed by atoms with van der Waals surface area (Å²) in [7, 11) is 0. The molecule has 0 spiro atoms. The Morgan fingerprint density at radius 1 is 1.47 bits per heavy atom. The van der Waals surface area contributed by atoms with Crippen molar-refractivity contribution in [1.82, 2.24) is 5.43 Å². The average Bonchev–Trinajstić information content (AvgIpc) is 2.17. The Morgan fingerprint density at radius 3 is 2.53 bits per heavy atom. The molecule has 0 aliphatic rings. The van der Waals surface area contributed by atoms with Crippen molar-refractivity contribution in [3.05, 3.63) is 30.3 Å². The number of aliphatic carboxylic acids is 1. The van der Waals surface area contributed by atoms with E-state index in [0.29, 0.717) is 5.69 Å². The number of hydrogen-bond acceptors (Lipinski definition) is 3. The number of nitrogens with two attached hydrogens (primary N) is 1. The van der Waals surface area contributed by atoms with Gasteiger partial charge in [-0.2, -0.15) is 0 Å². The third kappa shape index (κ3) is 3.82. The van der Waals surface area contributed by atoms with Crippen molar-refractivity contribution in [2.45, 2.75) is 0 Å². The summed E-state index contributed by atoms with van der Waals surface area (Å²) >= 11 is 4.66. The molecule has 0 aliphatic carbocycles. The number of benzene rings is 1. The predicted octanol–water partition coefficient (Wildman–Crippen LogP) is 0.326. The van der Waals surface area contributed by atoms with Crippen LogP contribution in [-0.2, 0) is 4.79 Å². The molecule has 0 radical (unpaired) electrons. The van der Waals surface area contributed by atoms with Crippen LogP contribution in [0.3, 0.4) is 0 Å². The molecule has 1 aromatic carbocycles. The second-order valence-corrected chi connectivity index (χ2v) is 3.23. The van der Waals surface area contributed by atoms with Crippen molar-refractivity contribution in [2.24, 2.45) is 5.73 Å². The maximum Gasteiger partial charge on any atom is 0.325 e. The summed E-state index contributed by atoms with van der Waals surface area (Å²) in [5, 5.41) is 10.1. The lowest BCUT2D eigenvalue weighted by molar-refractivity contribution is -0.135. The van der Waals surface area contributed by atoms with Gasteiger partial charge in [-0.1, -0.05) is 18.2 Å². The van der Waals surface area contributed by atoms with Crippen molar-refractivity contribution in [3.63, 3.8) is 0 Å². The standard InChI is InChI=1S/C9H11N3O2S/c10-9(15)11-12(6-8(13)14)7-4-2-1-3-5-7/h1-5H,6H2,(H,13,14)(H3,10,11,15). The first-order valence-corrected chi connectivity index (χ1v) is 4.61. The lowest BCUT2D eigenvalue weighted by atomic mass is 10.3. The summed E-state index contributed by atoms with van der Waals surface area (Å²) in [5.41, 5.74) is 8.57. The minimum absolute atomic E-state index is 0.0279. The zero-order valence-corrected chi connectivity index (χ0v) is 8.70. The largest absolute Gasteiger partial charge is 0.480 e. The molecular formula is C9H11N3O2S. The lowest BCUT2D eigenvalue weighted by Gasteiger charge is -2.23. The van der Waals surface area contributed by atoms with Gasteiger partial charge in [0.15, 0.2) is 5.11 Å². The minimum Gasteiger partial charge on any atom is -0.480 e. The van der Waals surface area contributed by atoms with E-state index in [1.54, 1.807) is 24.3 Å². The smallest absolute Gasteiger partial charge is 0.325 e. The molecule has 0 bridgehead atoms. The number of nitrogens with one attached hydrogen (secondary N) is 1. The first-order chi connectivity index (χ1) is 7.09. The zero-order chi connectivity index (χ0) is 11.3. The lowest BCUT2D eigenvalue weighted by Crippen LogP contribution is -2.47. The van der Waals surface area contributed by atoms with Gasteiger partial charge in [-0.3, -0.25) is 15.2 Å². The number of thiocarbonyl (C=S) groups is 1. The van der Waals surface area contributed by atoms with Crippen LogP contribution in [0.1, 0.15) is 0 Å². The maximum absolute atomic E-state index is 10.6. The zero-order valence-electron chi connectivity index (χ0n) is 7.88. The molecule has 6 heteroatoms. The number of nitrogens with zero attached hydrogens (tertiary/aromatic N) is 1. The predicted molar refractivity (Wildman–Crippen MR) is 61.3 cm³/mol. The Balaban J connectivity index is 2.81. The minimum atomic E-state index is -0.970. The number of carbonyl (C=O) groups is 1. The molecule has 15 heavy (non-hydrogen) atoms. The van der Waals surface area contributed by atoms with E-state index in [1.165, 1.54) is 5.01 Å². The molecule has 0 heterocycles. The van der Waals surface area contributed by atoms with Crippen LogP contribution in [0.25, 0.3) is 0 Å². The monoisotopic (exact) mass is 225 g/mol. The van der Waals surface area contributed by atoms with Crippen LogP contribution in [-0.4, -0.2) is 22.7 Å². The molecule has 0 saturated carbocycles. The fourth-order valence-electron chi connectivity index (χ4n) is 1.07. The molecular weight excluding hydrogens is 214 g/mol. The van der Waals surface area contributed by atoms with Gasteiger partial charge < -0.3 is 10.8 Å². The van der Waals surface area contributed by atoms with Gasteiger partial charge in [-0.15, -0.1) is 0 Å². The molecule has 1 rings (SSSR count). The molecule has 1 aromatic rings. The number of hydrazine groups is 1. The third-order valence-corrected chi connectivity index (χ3v) is 1.70. The molecule has 4 N–H and O–H groups in total. The second kappa shape index (κ2) is 5.16.